The lowest BCUT2D eigenvalue weighted by Crippen LogP contribution is -1.98. The number of benzene rings is 8. The molecule has 0 N–H and O–H groups in total. The summed E-state index contributed by atoms with van der Waals surface area (Å²) in [4.78, 5) is 10.3. The zero-order valence-corrected chi connectivity index (χ0v) is 30.4. The van der Waals surface area contributed by atoms with Gasteiger partial charge in [0.2, 0.25) is 0 Å². The molecule has 0 fully saturated rings. The van der Waals surface area contributed by atoms with Crippen LogP contribution in [0.2, 0.25) is 0 Å². The van der Waals surface area contributed by atoms with Gasteiger partial charge in [-0.25, -0.2) is 9.97 Å². The highest BCUT2D eigenvalue weighted by Crippen LogP contribution is 2.42. The third-order valence-electron chi connectivity index (χ3n) is 10.9. The number of aromatic nitrogens is 4. The Kier molecular flexibility index (Phi) is 7.46. The smallest absolute Gasteiger partial charge is 0.160 e. The first-order chi connectivity index (χ1) is 27.8. The van der Waals surface area contributed by atoms with Crippen molar-refractivity contribution < 1.29 is 0 Å². The molecule has 56 heavy (non-hydrogen) atoms. The number of para-hydroxylation sites is 2. The fraction of sp³-hybridized carbons (Fsp3) is 0. The minimum absolute atomic E-state index is 0.691. The van der Waals surface area contributed by atoms with Crippen molar-refractivity contribution in [2.75, 3.05) is 0 Å². The Morgan fingerprint density at radius 3 is 1.29 bits per heavy atom. The molecule has 11 rings (SSSR count). The van der Waals surface area contributed by atoms with Crippen molar-refractivity contribution in [1.29, 1.82) is 0 Å². The van der Waals surface area contributed by atoms with Crippen LogP contribution in [0, 0.1) is 0 Å². The highest BCUT2D eigenvalue weighted by molar-refractivity contribution is 6.28. The second kappa shape index (κ2) is 13.1. The second-order valence-corrected chi connectivity index (χ2v) is 14.2. The van der Waals surface area contributed by atoms with Gasteiger partial charge in [-0.05, 0) is 65.7 Å². The maximum atomic E-state index is 5.15. The highest BCUT2D eigenvalue weighted by Gasteiger charge is 2.21. The van der Waals surface area contributed by atoms with E-state index in [1.807, 2.05) is 12.1 Å². The van der Waals surface area contributed by atoms with Gasteiger partial charge in [0.05, 0.1) is 33.5 Å². The zero-order valence-electron chi connectivity index (χ0n) is 30.4. The number of fused-ring (bicyclic) bond motifs is 7. The van der Waals surface area contributed by atoms with Crippen molar-refractivity contribution in [3.8, 4) is 56.4 Å². The summed E-state index contributed by atoms with van der Waals surface area (Å²) in [5.74, 6) is 0.691. The Morgan fingerprint density at radius 2 is 0.732 bits per heavy atom. The first kappa shape index (κ1) is 31.9. The van der Waals surface area contributed by atoms with Gasteiger partial charge in [0, 0.05) is 49.6 Å². The molecule has 0 amide bonds. The summed E-state index contributed by atoms with van der Waals surface area (Å²) in [6.45, 7) is 0. The molecule has 0 radical (unpaired) electrons. The van der Waals surface area contributed by atoms with Gasteiger partial charge in [0.25, 0.3) is 0 Å². The quantitative estimate of drug-likeness (QED) is 0.172. The predicted octanol–water partition coefficient (Wildman–Crippen LogP) is 13.3. The van der Waals surface area contributed by atoms with E-state index in [0.29, 0.717) is 5.82 Å². The van der Waals surface area contributed by atoms with Crippen molar-refractivity contribution in [3.63, 3.8) is 0 Å². The van der Waals surface area contributed by atoms with Crippen molar-refractivity contribution in [1.82, 2.24) is 19.1 Å². The summed E-state index contributed by atoms with van der Waals surface area (Å²) in [7, 11) is 0. The molecule has 0 aliphatic rings. The van der Waals surface area contributed by atoms with Crippen LogP contribution in [0.15, 0.2) is 206 Å². The maximum Gasteiger partial charge on any atom is 0.160 e. The largest absolute Gasteiger partial charge is 0.309 e. The summed E-state index contributed by atoms with van der Waals surface area (Å²) in [6.07, 6.45) is 0. The van der Waals surface area contributed by atoms with Gasteiger partial charge in [0.1, 0.15) is 0 Å². The van der Waals surface area contributed by atoms with Gasteiger partial charge in [-0.3, -0.25) is 0 Å². The topological polar surface area (TPSA) is 35.6 Å². The Labute approximate surface area is 324 Å². The first-order valence-corrected chi connectivity index (χ1v) is 19.0. The normalized spacial score (nSPS) is 11.6. The molecule has 8 aromatic carbocycles. The van der Waals surface area contributed by atoms with Gasteiger partial charge in [-0.15, -0.1) is 0 Å². The number of rotatable bonds is 6. The molecule has 4 nitrogen and oxygen atoms in total. The summed E-state index contributed by atoms with van der Waals surface area (Å²) < 4.78 is 4.81. The number of nitrogens with zero attached hydrogens (tertiary/aromatic N) is 4. The molecule has 0 spiro atoms. The summed E-state index contributed by atoms with van der Waals surface area (Å²) >= 11 is 0. The zero-order chi connectivity index (χ0) is 37.0. The van der Waals surface area contributed by atoms with E-state index < -0.39 is 0 Å². The summed E-state index contributed by atoms with van der Waals surface area (Å²) in [5, 5.41) is 4.95. The second-order valence-electron chi connectivity index (χ2n) is 14.2. The lowest BCUT2D eigenvalue weighted by atomic mass is 10.1. The van der Waals surface area contributed by atoms with Gasteiger partial charge in [0.15, 0.2) is 5.82 Å². The third kappa shape index (κ3) is 5.23. The molecule has 4 heteroatoms. The molecular weight excluding hydrogens is 681 g/mol. The van der Waals surface area contributed by atoms with Crippen LogP contribution in [-0.4, -0.2) is 19.1 Å². The summed E-state index contributed by atoms with van der Waals surface area (Å²) in [6, 6.07) is 73.1. The maximum absolute atomic E-state index is 5.15. The van der Waals surface area contributed by atoms with Crippen molar-refractivity contribution in [2.24, 2.45) is 0 Å². The molecule has 0 saturated heterocycles. The molecule has 0 atom stereocenters. The van der Waals surface area contributed by atoms with E-state index in [0.717, 1.165) is 50.5 Å². The number of hydrogen-bond donors (Lipinski definition) is 0. The SMILES string of the molecule is c1ccc(-c2ccc(-n3c4ccccc4c4c5c6ccccc6n(-c6cccc(-c7nc(-c8ccccc8)cc(-c8ccccc8)n7)c6)c5ccc43)cc2)cc1. The van der Waals surface area contributed by atoms with Crippen LogP contribution >= 0.6 is 0 Å². The first-order valence-electron chi connectivity index (χ1n) is 19.0. The van der Waals surface area contributed by atoms with Gasteiger partial charge in [-0.1, -0.05) is 152 Å². The molecule has 262 valence electrons. The molecular formula is C52H34N4. The molecule has 0 aliphatic heterocycles. The van der Waals surface area contributed by atoms with Crippen LogP contribution in [0.1, 0.15) is 0 Å². The average molecular weight is 715 g/mol. The van der Waals surface area contributed by atoms with Crippen LogP contribution in [0.4, 0.5) is 0 Å². The van der Waals surface area contributed by atoms with Crippen LogP contribution in [-0.2, 0) is 0 Å². The van der Waals surface area contributed by atoms with Crippen LogP contribution in [0.3, 0.4) is 0 Å². The van der Waals surface area contributed by atoms with E-state index >= 15 is 0 Å². The average Bonchev–Trinajstić information content (AvgIpc) is 3.80. The minimum Gasteiger partial charge on any atom is -0.309 e. The fourth-order valence-electron chi connectivity index (χ4n) is 8.38. The van der Waals surface area contributed by atoms with E-state index in [1.165, 1.54) is 43.7 Å². The van der Waals surface area contributed by atoms with E-state index in [2.05, 4.69) is 203 Å². The van der Waals surface area contributed by atoms with Gasteiger partial charge >= 0.3 is 0 Å². The van der Waals surface area contributed by atoms with Crippen molar-refractivity contribution >= 4 is 43.6 Å². The minimum atomic E-state index is 0.691. The Morgan fingerprint density at radius 1 is 0.286 bits per heavy atom. The molecule has 11 aromatic rings. The fourth-order valence-corrected chi connectivity index (χ4v) is 8.38. The molecule has 0 aliphatic carbocycles. The molecule has 0 saturated carbocycles. The number of hydrogen-bond acceptors (Lipinski definition) is 2. The van der Waals surface area contributed by atoms with Gasteiger partial charge in [-0.2, -0.15) is 0 Å². The van der Waals surface area contributed by atoms with E-state index in [4.69, 9.17) is 9.97 Å². The highest BCUT2D eigenvalue weighted by atomic mass is 15.0. The predicted molar refractivity (Wildman–Crippen MR) is 232 cm³/mol. The van der Waals surface area contributed by atoms with Gasteiger partial charge < -0.3 is 9.13 Å². The Hall–Kier alpha value is -7.56. The Balaban J connectivity index is 1.11. The van der Waals surface area contributed by atoms with E-state index in [-0.39, 0.29) is 0 Å². The summed E-state index contributed by atoms with van der Waals surface area (Å²) in [5.41, 5.74) is 14.2. The standard InChI is InChI=1S/C52H34N4/c1-4-15-35(16-5-1)36-27-29-40(30-28-36)55-46-25-12-10-23-42(46)50-48(55)31-32-49-51(50)43-24-11-13-26-47(43)56(49)41-22-14-21-39(33-41)52-53-44(37-17-6-2-7-18-37)34-45(54-52)38-19-8-3-9-20-38/h1-34H. The molecule has 0 bridgehead atoms. The Bertz CT molecular complexity index is 3160. The van der Waals surface area contributed by atoms with Crippen molar-refractivity contribution in [2.45, 2.75) is 0 Å². The van der Waals surface area contributed by atoms with E-state index in [9.17, 15) is 0 Å². The molecule has 3 aromatic heterocycles. The lowest BCUT2D eigenvalue weighted by molar-refractivity contribution is 1.16. The van der Waals surface area contributed by atoms with Crippen LogP contribution in [0.25, 0.3) is 100 Å². The van der Waals surface area contributed by atoms with Crippen LogP contribution in [0.5, 0.6) is 0 Å². The van der Waals surface area contributed by atoms with Crippen LogP contribution < -0.4 is 0 Å². The monoisotopic (exact) mass is 714 g/mol. The van der Waals surface area contributed by atoms with Crippen molar-refractivity contribution in [3.05, 3.63) is 206 Å². The lowest BCUT2D eigenvalue weighted by Gasteiger charge is -2.12. The molecule has 3 heterocycles. The van der Waals surface area contributed by atoms with E-state index in [1.54, 1.807) is 0 Å². The third-order valence-corrected chi connectivity index (χ3v) is 10.9. The molecule has 0 unspecified atom stereocenters.